The van der Waals surface area contributed by atoms with E-state index in [1.807, 2.05) is 18.2 Å². The third-order valence-corrected chi connectivity index (χ3v) is 4.39. The summed E-state index contributed by atoms with van der Waals surface area (Å²) in [4.78, 5) is 35.9. The van der Waals surface area contributed by atoms with E-state index in [1.165, 1.54) is 12.7 Å². The summed E-state index contributed by atoms with van der Waals surface area (Å²) in [5.41, 5.74) is 0.585. The Labute approximate surface area is 179 Å². The maximum Gasteiger partial charge on any atom is 0.408 e. The average molecular weight is 421 g/mol. The molecule has 1 aromatic carbocycles. The maximum absolute atomic E-state index is 12.6. The van der Waals surface area contributed by atoms with Crippen molar-refractivity contribution in [1.29, 1.82) is 0 Å². The molecule has 0 saturated heterocycles. The molecule has 0 heterocycles. The number of esters is 1. The first-order valence-electron chi connectivity index (χ1n) is 10.6. The molecule has 1 rings (SSSR count). The van der Waals surface area contributed by atoms with Crippen molar-refractivity contribution in [3.8, 4) is 0 Å². The molecule has 0 saturated carbocycles. The number of carbonyl (C=O) groups excluding carboxylic acids is 3. The van der Waals surface area contributed by atoms with Gasteiger partial charge < -0.3 is 20.1 Å². The van der Waals surface area contributed by atoms with Gasteiger partial charge in [0, 0.05) is 13.0 Å². The number of rotatable bonds is 12. The highest BCUT2D eigenvalue weighted by atomic mass is 16.6. The Kier molecular flexibility index (Phi) is 11.6. The molecule has 0 aliphatic carbocycles. The summed E-state index contributed by atoms with van der Waals surface area (Å²) in [6.07, 6.45) is 4.06. The number of methoxy groups -OCH3 is 1. The van der Waals surface area contributed by atoms with Crippen LogP contribution in [0.15, 0.2) is 30.3 Å². The zero-order chi connectivity index (χ0) is 22.4. The normalized spacial score (nSPS) is 12.0. The third kappa shape index (κ3) is 12.1. The lowest BCUT2D eigenvalue weighted by atomic mass is 10.1. The summed E-state index contributed by atoms with van der Waals surface area (Å²) in [7, 11) is 1.37. The highest BCUT2D eigenvalue weighted by Gasteiger charge is 2.23. The summed E-state index contributed by atoms with van der Waals surface area (Å²) < 4.78 is 9.91. The van der Waals surface area contributed by atoms with Crippen molar-refractivity contribution in [3.63, 3.8) is 0 Å². The molecule has 0 aliphatic rings. The fraction of sp³-hybridized carbons (Fsp3) is 0.609. The number of benzene rings is 1. The molecule has 168 valence electrons. The van der Waals surface area contributed by atoms with Crippen LogP contribution in [-0.4, -0.2) is 43.3 Å². The number of ether oxygens (including phenoxy) is 2. The molecule has 30 heavy (non-hydrogen) atoms. The molecule has 0 radical (unpaired) electrons. The second-order valence-corrected chi connectivity index (χ2v) is 8.25. The maximum atomic E-state index is 12.6. The zero-order valence-corrected chi connectivity index (χ0v) is 18.7. The lowest BCUT2D eigenvalue weighted by molar-refractivity contribution is -0.140. The summed E-state index contributed by atoms with van der Waals surface area (Å²) >= 11 is 0. The summed E-state index contributed by atoms with van der Waals surface area (Å²) in [6, 6.07) is 9.41. The van der Waals surface area contributed by atoms with Crippen LogP contribution in [0.4, 0.5) is 4.79 Å². The highest BCUT2D eigenvalue weighted by molar-refractivity contribution is 5.85. The van der Waals surface area contributed by atoms with E-state index in [2.05, 4.69) is 27.5 Å². The predicted molar refractivity (Wildman–Crippen MR) is 116 cm³/mol. The molecule has 7 heteroatoms. The van der Waals surface area contributed by atoms with Gasteiger partial charge in [0.25, 0.3) is 0 Å². The largest absolute Gasteiger partial charge is 0.469 e. The van der Waals surface area contributed by atoms with Gasteiger partial charge in [-0.15, -0.1) is 0 Å². The Morgan fingerprint density at radius 1 is 1.00 bits per heavy atom. The van der Waals surface area contributed by atoms with Gasteiger partial charge in [-0.3, -0.25) is 9.59 Å². The van der Waals surface area contributed by atoms with Crippen molar-refractivity contribution in [2.75, 3.05) is 13.7 Å². The number of amides is 2. The van der Waals surface area contributed by atoms with E-state index in [-0.39, 0.29) is 11.9 Å². The minimum atomic E-state index is -0.672. The van der Waals surface area contributed by atoms with Crippen LogP contribution in [0.1, 0.15) is 64.9 Å². The van der Waals surface area contributed by atoms with E-state index in [4.69, 9.17) is 4.74 Å². The minimum Gasteiger partial charge on any atom is -0.469 e. The van der Waals surface area contributed by atoms with Crippen LogP contribution in [0.5, 0.6) is 0 Å². The van der Waals surface area contributed by atoms with Crippen LogP contribution in [0.3, 0.4) is 0 Å². The monoisotopic (exact) mass is 420 g/mol. The van der Waals surface area contributed by atoms with Gasteiger partial charge >= 0.3 is 12.1 Å². The van der Waals surface area contributed by atoms with Crippen LogP contribution >= 0.6 is 0 Å². The lowest BCUT2D eigenvalue weighted by Crippen LogP contribution is -2.48. The molecule has 2 N–H and O–H groups in total. The van der Waals surface area contributed by atoms with Gasteiger partial charge in [0.1, 0.15) is 11.6 Å². The molecule has 7 nitrogen and oxygen atoms in total. The highest BCUT2D eigenvalue weighted by Crippen LogP contribution is 2.10. The van der Waals surface area contributed by atoms with Crippen molar-refractivity contribution >= 4 is 18.0 Å². The van der Waals surface area contributed by atoms with E-state index >= 15 is 0 Å². The fourth-order valence-corrected chi connectivity index (χ4v) is 2.89. The van der Waals surface area contributed by atoms with E-state index < -0.39 is 17.7 Å². The number of nitrogens with one attached hydrogen (secondary N) is 2. The van der Waals surface area contributed by atoms with Crippen molar-refractivity contribution in [3.05, 3.63) is 35.9 Å². The van der Waals surface area contributed by atoms with E-state index in [9.17, 15) is 14.4 Å². The van der Waals surface area contributed by atoms with Gasteiger partial charge in [-0.2, -0.15) is 0 Å². The molecule has 0 fully saturated rings. The molecule has 2 amide bonds. The van der Waals surface area contributed by atoms with Crippen LogP contribution in [0.2, 0.25) is 0 Å². The molecular weight excluding hydrogens is 384 g/mol. The minimum absolute atomic E-state index is 0.220. The van der Waals surface area contributed by atoms with Crippen LogP contribution in [0, 0.1) is 0 Å². The number of alkyl carbamates (subject to hydrolysis) is 1. The van der Waals surface area contributed by atoms with Crippen LogP contribution < -0.4 is 10.6 Å². The van der Waals surface area contributed by atoms with Gasteiger partial charge in [0.2, 0.25) is 5.91 Å². The van der Waals surface area contributed by atoms with Gasteiger partial charge in [-0.1, -0.05) is 43.2 Å². The molecule has 1 unspecified atom stereocenters. The van der Waals surface area contributed by atoms with Gasteiger partial charge in [0.05, 0.1) is 7.11 Å². The lowest BCUT2D eigenvalue weighted by Gasteiger charge is -2.23. The van der Waals surface area contributed by atoms with E-state index in [1.54, 1.807) is 20.8 Å². The molecule has 0 aliphatic heterocycles. The second-order valence-electron chi connectivity index (χ2n) is 8.25. The SMILES string of the molecule is COC(=O)CCCCCC(NC(=O)OC(C)(C)C)C(=O)NCCCc1ccccc1. The third-order valence-electron chi connectivity index (χ3n) is 4.39. The van der Waals surface area contributed by atoms with Crippen molar-refractivity contribution in [2.45, 2.75) is 77.4 Å². The van der Waals surface area contributed by atoms with Crippen LogP contribution in [0.25, 0.3) is 0 Å². The molecule has 1 atom stereocenters. The van der Waals surface area contributed by atoms with Crippen molar-refractivity contribution in [1.82, 2.24) is 10.6 Å². The van der Waals surface area contributed by atoms with Gasteiger partial charge in [-0.05, 0) is 52.0 Å². The van der Waals surface area contributed by atoms with E-state index in [0.717, 1.165) is 19.3 Å². The number of hydrogen-bond donors (Lipinski definition) is 2. The summed E-state index contributed by atoms with van der Waals surface area (Å²) in [5, 5.41) is 5.58. The molecular formula is C23H36N2O5. The molecule has 0 spiro atoms. The van der Waals surface area contributed by atoms with E-state index in [0.29, 0.717) is 32.2 Å². The topological polar surface area (TPSA) is 93.7 Å². The van der Waals surface area contributed by atoms with Crippen molar-refractivity contribution < 1.29 is 23.9 Å². The predicted octanol–water partition coefficient (Wildman–Crippen LogP) is 3.75. The van der Waals surface area contributed by atoms with Crippen LogP contribution in [-0.2, 0) is 25.5 Å². The molecule has 0 aromatic heterocycles. The molecule has 0 bridgehead atoms. The first-order valence-corrected chi connectivity index (χ1v) is 10.6. The quantitative estimate of drug-likeness (QED) is 0.397. The van der Waals surface area contributed by atoms with Gasteiger partial charge in [0.15, 0.2) is 0 Å². The Balaban J connectivity index is 2.47. The number of aryl methyl sites for hydroxylation is 1. The summed E-state index contributed by atoms with van der Waals surface area (Å²) in [6.45, 7) is 5.86. The number of unbranched alkanes of at least 4 members (excludes halogenated alkanes) is 2. The smallest absolute Gasteiger partial charge is 0.408 e. The summed E-state index contributed by atoms with van der Waals surface area (Å²) in [5.74, 6) is -0.462. The Morgan fingerprint density at radius 2 is 1.70 bits per heavy atom. The Morgan fingerprint density at radius 3 is 2.33 bits per heavy atom. The van der Waals surface area contributed by atoms with Gasteiger partial charge in [-0.25, -0.2) is 4.79 Å². The molecule has 1 aromatic rings. The fourth-order valence-electron chi connectivity index (χ4n) is 2.89. The average Bonchev–Trinajstić information content (AvgIpc) is 2.69. The van der Waals surface area contributed by atoms with Crippen molar-refractivity contribution in [2.24, 2.45) is 0 Å². The Bertz CT molecular complexity index is 655. The standard InChI is InChI=1S/C23H36N2O5/c1-23(2,3)30-22(28)25-19(15-9-6-10-16-20(26)29-4)21(27)24-17-11-14-18-12-7-5-8-13-18/h5,7-8,12-13,19H,6,9-11,14-17H2,1-4H3,(H,24,27)(H,25,28). The first kappa shape index (κ1) is 25.5. The number of hydrogen-bond acceptors (Lipinski definition) is 5. The number of carbonyl (C=O) groups is 3. The second kappa shape index (κ2) is 13.6. The Hall–Kier alpha value is -2.57. The first-order chi connectivity index (χ1) is 14.2. The zero-order valence-electron chi connectivity index (χ0n) is 18.7.